The highest BCUT2D eigenvalue weighted by Crippen LogP contribution is 2.35. The van der Waals surface area contributed by atoms with Gasteiger partial charge in [-0.1, -0.05) is 42.5 Å². The zero-order valence-corrected chi connectivity index (χ0v) is 15.0. The van der Waals surface area contributed by atoms with Crippen LogP contribution in [0.3, 0.4) is 0 Å². The lowest BCUT2D eigenvalue weighted by atomic mass is 9.87. The molecule has 0 spiro atoms. The topological polar surface area (TPSA) is 49.4 Å². The van der Waals surface area contributed by atoms with Gasteiger partial charge in [-0.3, -0.25) is 0 Å². The van der Waals surface area contributed by atoms with E-state index < -0.39 is 10.0 Å². The number of sulfonamides is 1. The summed E-state index contributed by atoms with van der Waals surface area (Å²) in [6.07, 6.45) is 4.17. The Morgan fingerprint density at radius 3 is 2.33 bits per heavy atom. The maximum atomic E-state index is 12.5. The van der Waals surface area contributed by atoms with E-state index in [9.17, 15) is 8.42 Å². The van der Waals surface area contributed by atoms with Crippen LogP contribution in [0.25, 0.3) is 12.2 Å². The first-order valence-electron chi connectivity index (χ1n) is 7.93. The second kappa shape index (κ2) is 6.51. The molecule has 3 rings (SSSR count). The lowest BCUT2D eigenvalue weighted by molar-refractivity contribution is 0.520. The SMILES string of the molecule is CNCC1c2ccccc2C=Cc2ccc(S(=O)(=O)N(C)C)cc21. The fourth-order valence-electron chi connectivity index (χ4n) is 3.13. The van der Waals surface area contributed by atoms with Gasteiger partial charge >= 0.3 is 0 Å². The monoisotopic (exact) mass is 342 g/mol. The zero-order chi connectivity index (χ0) is 17.3. The fraction of sp³-hybridized carbons (Fsp3) is 0.263. The maximum absolute atomic E-state index is 12.5. The number of likely N-dealkylation sites (N-methyl/N-ethyl adjacent to an activating group) is 1. The Hall–Kier alpha value is -1.95. The van der Waals surface area contributed by atoms with E-state index in [0.29, 0.717) is 4.90 Å². The first-order valence-corrected chi connectivity index (χ1v) is 9.37. The van der Waals surface area contributed by atoms with Gasteiger partial charge in [-0.2, -0.15) is 0 Å². The van der Waals surface area contributed by atoms with Gasteiger partial charge in [0.2, 0.25) is 10.0 Å². The molecule has 0 radical (unpaired) electrons. The van der Waals surface area contributed by atoms with Crippen LogP contribution in [0.1, 0.15) is 28.2 Å². The number of nitrogens with zero attached hydrogens (tertiary/aromatic N) is 1. The number of rotatable bonds is 4. The average Bonchev–Trinajstić information content (AvgIpc) is 2.72. The van der Waals surface area contributed by atoms with E-state index in [1.54, 1.807) is 20.2 Å². The van der Waals surface area contributed by atoms with E-state index in [1.807, 2.05) is 31.3 Å². The minimum absolute atomic E-state index is 0.105. The van der Waals surface area contributed by atoms with Gasteiger partial charge in [0.1, 0.15) is 0 Å². The van der Waals surface area contributed by atoms with Gasteiger partial charge in [0.15, 0.2) is 0 Å². The predicted molar refractivity (Wildman–Crippen MR) is 98.5 cm³/mol. The van der Waals surface area contributed by atoms with Crippen molar-refractivity contribution in [2.45, 2.75) is 10.8 Å². The van der Waals surface area contributed by atoms with Crippen LogP contribution in [0.5, 0.6) is 0 Å². The molecular formula is C19H22N2O2S. The van der Waals surface area contributed by atoms with Crippen molar-refractivity contribution in [1.29, 1.82) is 0 Å². The molecular weight excluding hydrogens is 320 g/mol. The number of nitrogens with one attached hydrogen (secondary N) is 1. The van der Waals surface area contributed by atoms with Gasteiger partial charge in [0.25, 0.3) is 0 Å². The molecule has 1 aliphatic carbocycles. The third kappa shape index (κ3) is 2.90. The van der Waals surface area contributed by atoms with E-state index in [2.05, 4.69) is 29.6 Å². The van der Waals surface area contributed by atoms with Crippen LogP contribution in [0.4, 0.5) is 0 Å². The second-order valence-corrected chi connectivity index (χ2v) is 8.30. The van der Waals surface area contributed by atoms with Crippen LogP contribution < -0.4 is 5.32 Å². The van der Waals surface area contributed by atoms with Crippen LogP contribution in [0, 0.1) is 0 Å². The first-order chi connectivity index (χ1) is 11.4. The Labute approximate surface area is 143 Å². The molecule has 5 heteroatoms. The van der Waals surface area contributed by atoms with Crippen molar-refractivity contribution in [3.8, 4) is 0 Å². The van der Waals surface area contributed by atoms with Crippen molar-refractivity contribution in [2.75, 3.05) is 27.7 Å². The molecule has 0 heterocycles. The Balaban J connectivity index is 2.21. The van der Waals surface area contributed by atoms with Gasteiger partial charge in [0, 0.05) is 26.6 Å². The third-order valence-electron chi connectivity index (χ3n) is 4.43. The zero-order valence-electron chi connectivity index (χ0n) is 14.2. The highest BCUT2D eigenvalue weighted by Gasteiger charge is 2.24. The van der Waals surface area contributed by atoms with Crippen molar-refractivity contribution in [3.05, 3.63) is 64.7 Å². The normalized spacial score (nSPS) is 16.6. The quantitative estimate of drug-likeness (QED) is 0.929. The molecule has 0 aromatic heterocycles. The van der Waals surface area contributed by atoms with Crippen molar-refractivity contribution >= 4 is 22.2 Å². The average molecular weight is 342 g/mol. The smallest absolute Gasteiger partial charge is 0.242 e. The highest BCUT2D eigenvalue weighted by atomic mass is 32.2. The van der Waals surface area contributed by atoms with E-state index >= 15 is 0 Å². The molecule has 1 aliphatic rings. The summed E-state index contributed by atoms with van der Waals surface area (Å²) in [4.78, 5) is 0.333. The lowest BCUT2D eigenvalue weighted by Crippen LogP contribution is -2.23. The minimum Gasteiger partial charge on any atom is -0.319 e. The van der Waals surface area contributed by atoms with Gasteiger partial charge in [-0.05, 0) is 41.4 Å². The molecule has 1 unspecified atom stereocenters. The number of hydrogen-bond acceptors (Lipinski definition) is 3. The van der Waals surface area contributed by atoms with Gasteiger partial charge in [-0.25, -0.2) is 12.7 Å². The molecule has 0 aliphatic heterocycles. The maximum Gasteiger partial charge on any atom is 0.242 e. The predicted octanol–water partition coefficient (Wildman–Crippen LogP) is 2.77. The summed E-state index contributed by atoms with van der Waals surface area (Å²) in [5.74, 6) is 0.105. The van der Waals surface area contributed by atoms with E-state index in [1.165, 1.54) is 15.4 Å². The minimum atomic E-state index is -3.45. The molecule has 0 fully saturated rings. The summed E-state index contributed by atoms with van der Waals surface area (Å²) >= 11 is 0. The fourth-order valence-corrected chi connectivity index (χ4v) is 4.07. The standard InChI is InChI=1S/C19H22N2O2S/c1-20-13-19-17-7-5-4-6-14(17)8-9-15-10-11-16(12-18(15)19)24(22,23)21(2)3/h4-12,19-20H,13H2,1-3H3. The molecule has 24 heavy (non-hydrogen) atoms. The van der Waals surface area contributed by atoms with Crippen molar-refractivity contribution in [2.24, 2.45) is 0 Å². The molecule has 0 amide bonds. The van der Waals surface area contributed by atoms with Crippen LogP contribution >= 0.6 is 0 Å². The first kappa shape index (κ1) is 16.9. The Bertz CT molecular complexity index is 886. The van der Waals surface area contributed by atoms with E-state index in [4.69, 9.17) is 0 Å². The summed E-state index contributed by atoms with van der Waals surface area (Å²) in [7, 11) is 1.58. The molecule has 0 bridgehead atoms. The summed E-state index contributed by atoms with van der Waals surface area (Å²) < 4.78 is 26.3. The third-order valence-corrected chi connectivity index (χ3v) is 6.25. The Kier molecular flexibility index (Phi) is 4.58. The van der Waals surface area contributed by atoms with Crippen molar-refractivity contribution < 1.29 is 8.42 Å². The largest absolute Gasteiger partial charge is 0.319 e. The Morgan fingerprint density at radius 1 is 1.00 bits per heavy atom. The van der Waals surface area contributed by atoms with Gasteiger partial charge < -0.3 is 5.32 Å². The van der Waals surface area contributed by atoms with E-state index in [-0.39, 0.29) is 5.92 Å². The van der Waals surface area contributed by atoms with Gasteiger partial charge in [0.05, 0.1) is 4.90 Å². The van der Waals surface area contributed by atoms with Crippen LogP contribution in [-0.2, 0) is 10.0 Å². The molecule has 4 nitrogen and oxygen atoms in total. The second-order valence-electron chi connectivity index (χ2n) is 6.15. The van der Waals surface area contributed by atoms with Crippen molar-refractivity contribution in [1.82, 2.24) is 9.62 Å². The molecule has 0 saturated carbocycles. The number of fused-ring (bicyclic) bond motifs is 2. The van der Waals surface area contributed by atoms with Gasteiger partial charge in [-0.15, -0.1) is 0 Å². The molecule has 126 valence electrons. The van der Waals surface area contributed by atoms with Crippen molar-refractivity contribution in [3.63, 3.8) is 0 Å². The molecule has 1 atom stereocenters. The molecule has 2 aromatic rings. The van der Waals surface area contributed by atoms with Crippen LogP contribution in [0.2, 0.25) is 0 Å². The number of hydrogen-bond donors (Lipinski definition) is 1. The number of benzene rings is 2. The van der Waals surface area contributed by atoms with E-state index in [0.717, 1.165) is 17.7 Å². The summed E-state index contributed by atoms with van der Waals surface area (Å²) in [5, 5.41) is 3.24. The molecule has 2 aromatic carbocycles. The summed E-state index contributed by atoms with van der Waals surface area (Å²) in [6.45, 7) is 0.747. The van der Waals surface area contributed by atoms with Crippen LogP contribution in [-0.4, -0.2) is 40.4 Å². The summed E-state index contributed by atoms with van der Waals surface area (Å²) in [5.41, 5.74) is 4.48. The molecule has 0 saturated heterocycles. The highest BCUT2D eigenvalue weighted by molar-refractivity contribution is 7.89. The Morgan fingerprint density at radius 2 is 1.67 bits per heavy atom. The lowest BCUT2D eigenvalue weighted by Gasteiger charge is -2.21. The molecule has 1 N–H and O–H groups in total. The van der Waals surface area contributed by atoms with Crippen LogP contribution in [0.15, 0.2) is 47.4 Å². The summed E-state index contributed by atoms with van der Waals surface area (Å²) in [6, 6.07) is 13.7.